The normalized spacial score (nSPS) is 11.9. The topological polar surface area (TPSA) is 55.8 Å². The number of aliphatic hydroxyl groups excluding tert-OH is 1. The zero-order valence-corrected chi connectivity index (χ0v) is 12.3. The Morgan fingerprint density at radius 3 is 2.60 bits per heavy atom. The molecule has 0 aromatic heterocycles. The molecule has 0 aliphatic heterocycles. The monoisotopic (exact) mass is 280 g/mol. The fourth-order valence-electron chi connectivity index (χ4n) is 1.64. The largest absolute Gasteiger partial charge is 0.482 e. The summed E-state index contributed by atoms with van der Waals surface area (Å²) in [5.41, 5.74) is 1.14. The van der Waals surface area contributed by atoms with Gasteiger partial charge in [0, 0.05) is 0 Å². The van der Waals surface area contributed by atoms with E-state index in [9.17, 15) is 9.90 Å². The van der Waals surface area contributed by atoms with E-state index in [0.29, 0.717) is 12.4 Å². The Labute approximate surface area is 120 Å². The maximum absolute atomic E-state index is 11.4. The van der Waals surface area contributed by atoms with Gasteiger partial charge in [-0.3, -0.25) is 0 Å². The van der Waals surface area contributed by atoms with E-state index in [2.05, 4.69) is 0 Å². The van der Waals surface area contributed by atoms with E-state index in [1.54, 1.807) is 6.92 Å². The first-order valence-corrected chi connectivity index (χ1v) is 7.17. The summed E-state index contributed by atoms with van der Waals surface area (Å²) in [5, 5.41) is 9.23. The second-order valence-corrected chi connectivity index (χ2v) is 4.89. The minimum Gasteiger partial charge on any atom is -0.482 e. The molecular weight excluding hydrogens is 256 g/mol. The van der Waals surface area contributed by atoms with Gasteiger partial charge in [-0.05, 0) is 43.9 Å². The highest BCUT2D eigenvalue weighted by molar-refractivity contribution is 5.71. The fraction of sp³-hybridized carbons (Fsp3) is 0.562. The lowest BCUT2D eigenvalue weighted by atomic mass is 10.1. The first-order chi connectivity index (χ1) is 9.61. The molecule has 1 aromatic carbocycles. The minimum atomic E-state index is -0.336. The van der Waals surface area contributed by atoms with E-state index in [-0.39, 0.29) is 18.7 Å². The SMILES string of the molecule is CCCCOC(=O)COc1ccc(CCC(C)O)cc1. The molecule has 4 heteroatoms. The Morgan fingerprint density at radius 1 is 1.30 bits per heavy atom. The smallest absolute Gasteiger partial charge is 0.344 e. The molecule has 0 saturated carbocycles. The quantitative estimate of drug-likeness (QED) is 0.558. The van der Waals surface area contributed by atoms with Gasteiger partial charge in [-0.15, -0.1) is 0 Å². The van der Waals surface area contributed by atoms with Crippen LogP contribution in [0.3, 0.4) is 0 Å². The molecule has 20 heavy (non-hydrogen) atoms. The van der Waals surface area contributed by atoms with Crippen LogP contribution in [0.5, 0.6) is 5.75 Å². The molecule has 1 unspecified atom stereocenters. The number of carbonyl (C=O) groups is 1. The summed E-state index contributed by atoms with van der Waals surface area (Å²) in [6.45, 7) is 4.22. The number of hydrogen-bond acceptors (Lipinski definition) is 4. The van der Waals surface area contributed by atoms with Crippen LogP contribution in [0.4, 0.5) is 0 Å². The third-order valence-electron chi connectivity index (χ3n) is 2.89. The fourth-order valence-corrected chi connectivity index (χ4v) is 1.64. The van der Waals surface area contributed by atoms with E-state index in [4.69, 9.17) is 9.47 Å². The molecule has 0 aliphatic rings. The summed E-state index contributed by atoms with van der Waals surface area (Å²) in [5.74, 6) is 0.315. The summed E-state index contributed by atoms with van der Waals surface area (Å²) in [6.07, 6.45) is 3.16. The van der Waals surface area contributed by atoms with Crippen LogP contribution in [-0.4, -0.2) is 30.4 Å². The Hall–Kier alpha value is -1.55. The molecule has 1 atom stereocenters. The summed E-state index contributed by atoms with van der Waals surface area (Å²) in [4.78, 5) is 11.4. The van der Waals surface area contributed by atoms with Crippen molar-refractivity contribution in [2.75, 3.05) is 13.2 Å². The van der Waals surface area contributed by atoms with Crippen molar-refractivity contribution in [1.82, 2.24) is 0 Å². The molecule has 0 heterocycles. The number of aliphatic hydroxyl groups is 1. The molecule has 0 bridgehead atoms. The molecule has 0 radical (unpaired) electrons. The van der Waals surface area contributed by atoms with Crippen molar-refractivity contribution in [2.24, 2.45) is 0 Å². The lowest BCUT2D eigenvalue weighted by molar-refractivity contribution is -0.146. The maximum Gasteiger partial charge on any atom is 0.344 e. The van der Waals surface area contributed by atoms with Crippen molar-refractivity contribution < 1.29 is 19.4 Å². The maximum atomic E-state index is 11.4. The van der Waals surface area contributed by atoms with Crippen LogP contribution < -0.4 is 4.74 Å². The molecule has 1 rings (SSSR count). The molecule has 0 fully saturated rings. The third-order valence-corrected chi connectivity index (χ3v) is 2.89. The molecular formula is C16H24O4. The van der Waals surface area contributed by atoms with Crippen molar-refractivity contribution in [2.45, 2.75) is 45.6 Å². The van der Waals surface area contributed by atoms with Crippen LogP contribution in [0.25, 0.3) is 0 Å². The van der Waals surface area contributed by atoms with Crippen molar-refractivity contribution >= 4 is 5.97 Å². The summed E-state index contributed by atoms with van der Waals surface area (Å²) >= 11 is 0. The van der Waals surface area contributed by atoms with Gasteiger partial charge in [0.1, 0.15) is 5.75 Å². The van der Waals surface area contributed by atoms with Gasteiger partial charge in [0.2, 0.25) is 0 Å². The lowest BCUT2D eigenvalue weighted by Gasteiger charge is -2.08. The molecule has 0 saturated heterocycles. The first kappa shape index (κ1) is 16.5. The average molecular weight is 280 g/mol. The van der Waals surface area contributed by atoms with E-state index in [1.807, 2.05) is 31.2 Å². The highest BCUT2D eigenvalue weighted by Crippen LogP contribution is 2.14. The highest BCUT2D eigenvalue weighted by atomic mass is 16.6. The van der Waals surface area contributed by atoms with Gasteiger partial charge in [-0.2, -0.15) is 0 Å². The second kappa shape index (κ2) is 9.37. The van der Waals surface area contributed by atoms with Gasteiger partial charge >= 0.3 is 5.97 Å². The lowest BCUT2D eigenvalue weighted by Crippen LogP contribution is -2.15. The number of esters is 1. The predicted molar refractivity (Wildman–Crippen MR) is 77.8 cm³/mol. The van der Waals surface area contributed by atoms with E-state index in [1.165, 1.54) is 0 Å². The van der Waals surface area contributed by atoms with Gasteiger partial charge in [0.05, 0.1) is 12.7 Å². The van der Waals surface area contributed by atoms with Crippen LogP contribution in [0.1, 0.15) is 38.7 Å². The number of benzene rings is 1. The predicted octanol–water partition coefficient (Wildman–Crippen LogP) is 2.72. The number of hydrogen-bond donors (Lipinski definition) is 1. The first-order valence-electron chi connectivity index (χ1n) is 7.17. The van der Waals surface area contributed by atoms with Crippen molar-refractivity contribution in [1.29, 1.82) is 0 Å². The summed E-state index contributed by atoms with van der Waals surface area (Å²) in [7, 11) is 0. The van der Waals surface area contributed by atoms with Gasteiger partial charge in [-0.1, -0.05) is 25.5 Å². The Bertz CT molecular complexity index is 384. The number of ether oxygens (including phenoxy) is 2. The molecule has 1 aromatic rings. The molecule has 1 N–H and O–H groups in total. The number of rotatable bonds is 9. The van der Waals surface area contributed by atoms with Gasteiger partial charge < -0.3 is 14.6 Å². The standard InChI is InChI=1S/C16H24O4/c1-3-4-11-19-16(18)12-20-15-9-7-14(8-10-15)6-5-13(2)17/h7-10,13,17H,3-6,11-12H2,1-2H3. The zero-order valence-electron chi connectivity index (χ0n) is 12.3. The molecule has 112 valence electrons. The summed E-state index contributed by atoms with van der Waals surface area (Å²) < 4.78 is 10.4. The Morgan fingerprint density at radius 2 is 2.00 bits per heavy atom. The van der Waals surface area contributed by atoms with E-state index < -0.39 is 0 Å². The van der Waals surface area contributed by atoms with Crippen LogP contribution in [-0.2, 0) is 16.0 Å². The van der Waals surface area contributed by atoms with Crippen LogP contribution in [0.2, 0.25) is 0 Å². The molecule has 0 spiro atoms. The average Bonchev–Trinajstić information content (AvgIpc) is 2.44. The van der Waals surface area contributed by atoms with Crippen LogP contribution in [0.15, 0.2) is 24.3 Å². The summed E-state index contributed by atoms with van der Waals surface area (Å²) in [6, 6.07) is 7.55. The number of carbonyl (C=O) groups excluding carboxylic acids is 1. The Balaban J connectivity index is 2.28. The number of unbranched alkanes of at least 4 members (excludes halogenated alkanes) is 1. The molecule has 0 amide bonds. The minimum absolute atomic E-state index is 0.0588. The van der Waals surface area contributed by atoms with Gasteiger partial charge in [-0.25, -0.2) is 4.79 Å². The Kier molecular flexibility index (Phi) is 7.73. The van der Waals surface area contributed by atoms with Crippen LogP contribution >= 0.6 is 0 Å². The van der Waals surface area contributed by atoms with Crippen molar-refractivity contribution in [3.63, 3.8) is 0 Å². The third kappa shape index (κ3) is 7.14. The van der Waals surface area contributed by atoms with Gasteiger partial charge in [0.25, 0.3) is 0 Å². The number of aryl methyl sites for hydroxylation is 1. The van der Waals surface area contributed by atoms with Crippen molar-refractivity contribution in [3.8, 4) is 5.75 Å². The highest BCUT2D eigenvalue weighted by Gasteiger charge is 2.04. The van der Waals surface area contributed by atoms with Crippen LogP contribution in [0, 0.1) is 0 Å². The van der Waals surface area contributed by atoms with E-state index >= 15 is 0 Å². The molecule has 0 aliphatic carbocycles. The molecule has 4 nitrogen and oxygen atoms in total. The van der Waals surface area contributed by atoms with Gasteiger partial charge in [0.15, 0.2) is 6.61 Å². The second-order valence-electron chi connectivity index (χ2n) is 4.89. The van der Waals surface area contributed by atoms with Crippen molar-refractivity contribution in [3.05, 3.63) is 29.8 Å². The zero-order chi connectivity index (χ0) is 14.8. The van der Waals surface area contributed by atoms with E-state index in [0.717, 1.165) is 31.2 Å².